The van der Waals surface area contributed by atoms with Crippen LogP contribution >= 0.6 is 12.4 Å². The first kappa shape index (κ1) is 15.7. The minimum atomic E-state index is 0. The number of hydrogen-bond acceptors (Lipinski definition) is 1. The summed E-state index contributed by atoms with van der Waals surface area (Å²) in [6.07, 6.45) is 0. The van der Waals surface area contributed by atoms with E-state index in [1.54, 1.807) is 0 Å². The Morgan fingerprint density at radius 1 is 0.895 bits per heavy atom. The van der Waals surface area contributed by atoms with E-state index in [9.17, 15) is 0 Å². The third-order valence-corrected chi connectivity index (χ3v) is 3.31. The standard InChI is InChI=1S/C17H21N.ClH/c1-12(2)16-9-4-5-10-17(16)15-8-6-7-14(11-15)13(3)18;/h4-13H,18H2,1-3H3;1H. The molecule has 0 fully saturated rings. The zero-order chi connectivity index (χ0) is 13.1. The zero-order valence-corrected chi connectivity index (χ0v) is 12.6. The highest BCUT2D eigenvalue weighted by atomic mass is 35.5. The van der Waals surface area contributed by atoms with Crippen molar-refractivity contribution in [3.05, 3.63) is 59.7 Å². The van der Waals surface area contributed by atoms with Crippen LogP contribution in [0.25, 0.3) is 11.1 Å². The number of rotatable bonds is 3. The maximum atomic E-state index is 5.96. The molecule has 102 valence electrons. The average Bonchev–Trinajstić information content (AvgIpc) is 2.39. The van der Waals surface area contributed by atoms with Gasteiger partial charge in [-0.1, -0.05) is 56.3 Å². The summed E-state index contributed by atoms with van der Waals surface area (Å²) in [6, 6.07) is 17.2. The van der Waals surface area contributed by atoms with Crippen LogP contribution in [0.3, 0.4) is 0 Å². The Morgan fingerprint density at radius 3 is 2.21 bits per heavy atom. The van der Waals surface area contributed by atoms with Crippen molar-refractivity contribution in [1.29, 1.82) is 0 Å². The second-order valence-corrected chi connectivity index (χ2v) is 5.16. The first-order chi connectivity index (χ1) is 8.59. The summed E-state index contributed by atoms with van der Waals surface area (Å²) < 4.78 is 0. The van der Waals surface area contributed by atoms with Gasteiger partial charge in [-0.25, -0.2) is 0 Å². The van der Waals surface area contributed by atoms with Crippen LogP contribution in [0.4, 0.5) is 0 Å². The van der Waals surface area contributed by atoms with Crippen molar-refractivity contribution in [2.45, 2.75) is 32.7 Å². The molecule has 0 aliphatic rings. The van der Waals surface area contributed by atoms with Crippen molar-refractivity contribution in [2.24, 2.45) is 5.73 Å². The monoisotopic (exact) mass is 275 g/mol. The lowest BCUT2D eigenvalue weighted by atomic mass is 9.91. The van der Waals surface area contributed by atoms with Gasteiger partial charge in [0.1, 0.15) is 0 Å². The Labute approximate surface area is 122 Å². The molecule has 1 unspecified atom stereocenters. The van der Waals surface area contributed by atoms with Crippen LogP contribution in [-0.4, -0.2) is 0 Å². The van der Waals surface area contributed by atoms with Crippen LogP contribution in [0.15, 0.2) is 48.5 Å². The minimum Gasteiger partial charge on any atom is -0.324 e. The van der Waals surface area contributed by atoms with Crippen molar-refractivity contribution >= 4 is 12.4 Å². The molecule has 0 amide bonds. The van der Waals surface area contributed by atoms with E-state index in [1.165, 1.54) is 22.3 Å². The third kappa shape index (κ3) is 3.59. The molecule has 2 aromatic rings. The Kier molecular flexibility index (Phi) is 5.59. The summed E-state index contributed by atoms with van der Waals surface area (Å²) in [7, 11) is 0. The van der Waals surface area contributed by atoms with Gasteiger partial charge in [-0.05, 0) is 41.2 Å². The molecule has 0 bridgehead atoms. The highest BCUT2D eigenvalue weighted by molar-refractivity contribution is 5.85. The van der Waals surface area contributed by atoms with Crippen LogP contribution in [0.2, 0.25) is 0 Å². The van der Waals surface area contributed by atoms with Gasteiger partial charge < -0.3 is 5.73 Å². The largest absolute Gasteiger partial charge is 0.324 e. The van der Waals surface area contributed by atoms with Gasteiger partial charge in [-0.3, -0.25) is 0 Å². The molecule has 2 aromatic carbocycles. The number of benzene rings is 2. The fourth-order valence-electron chi connectivity index (χ4n) is 2.25. The van der Waals surface area contributed by atoms with E-state index >= 15 is 0 Å². The van der Waals surface area contributed by atoms with Gasteiger partial charge in [0.15, 0.2) is 0 Å². The zero-order valence-electron chi connectivity index (χ0n) is 11.8. The molecular formula is C17H22ClN. The van der Waals surface area contributed by atoms with Gasteiger partial charge in [0.05, 0.1) is 0 Å². The molecule has 0 aliphatic heterocycles. The second-order valence-electron chi connectivity index (χ2n) is 5.16. The van der Waals surface area contributed by atoms with Gasteiger partial charge in [-0.15, -0.1) is 12.4 Å². The van der Waals surface area contributed by atoms with E-state index in [1.807, 2.05) is 6.92 Å². The normalized spacial score (nSPS) is 12.1. The highest BCUT2D eigenvalue weighted by Crippen LogP contribution is 2.30. The summed E-state index contributed by atoms with van der Waals surface area (Å²) in [6.45, 7) is 6.48. The summed E-state index contributed by atoms with van der Waals surface area (Å²) >= 11 is 0. The molecule has 1 nitrogen and oxygen atoms in total. The quantitative estimate of drug-likeness (QED) is 0.845. The molecule has 0 aliphatic carbocycles. The Bertz CT molecular complexity index is 532. The van der Waals surface area contributed by atoms with Gasteiger partial charge in [0, 0.05) is 6.04 Å². The highest BCUT2D eigenvalue weighted by Gasteiger charge is 2.08. The average molecular weight is 276 g/mol. The lowest BCUT2D eigenvalue weighted by molar-refractivity contribution is 0.818. The van der Waals surface area contributed by atoms with Crippen LogP contribution in [0.5, 0.6) is 0 Å². The smallest absolute Gasteiger partial charge is 0.0266 e. The Hall–Kier alpha value is -1.31. The van der Waals surface area contributed by atoms with E-state index in [2.05, 4.69) is 62.4 Å². The van der Waals surface area contributed by atoms with Crippen LogP contribution in [0.1, 0.15) is 43.9 Å². The van der Waals surface area contributed by atoms with E-state index in [0.29, 0.717) is 5.92 Å². The predicted octanol–water partition coefficient (Wildman–Crippen LogP) is 4.92. The number of hydrogen-bond donors (Lipinski definition) is 1. The molecule has 2 heteroatoms. The molecule has 19 heavy (non-hydrogen) atoms. The summed E-state index contributed by atoms with van der Waals surface area (Å²) in [5, 5.41) is 0. The van der Waals surface area contributed by atoms with Gasteiger partial charge in [0.2, 0.25) is 0 Å². The summed E-state index contributed by atoms with van der Waals surface area (Å²) in [4.78, 5) is 0. The van der Waals surface area contributed by atoms with Crippen molar-refractivity contribution < 1.29 is 0 Å². The molecule has 2 rings (SSSR count). The third-order valence-electron chi connectivity index (χ3n) is 3.31. The molecular weight excluding hydrogens is 254 g/mol. The lowest BCUT2D eigenvalue weighted by Gasteiger charge is -2.14. The number of nitrogens with two attached hydrogens (primary N) is 1. The molecule has 0 saturated heterocycles. The van der Waals surface area contributed by atoms with Crippen LogP contribution in [0, 0.1) is 0 Å². The van der Waals surface area contributed by atoms with E-state index in [4.69, 9.17) is 5.73 Å². The molecule has 2 N–H and O–H groups in total. The van der Waals surface area contributed by atoms with E-state index in [0.717, 1.165) is 0 Å². The van der Waals surface area contributed by atoms with Crippen molar-refractivity contribution in [1.82, 2.24) is 0 Å². The fourth-order valence-corrected chi connectivity index (χ4v) is 2.25. The molecule has 0 spiro atoms. The maximum Gasteiger partial charge on any atom is 0.0266 e. The summed E-state index contributed by atoms with van der Waals surface area (Å²) in [5.41, 5.74) is 11.1. The van der Waals surface area contributed by atoms with Crippen molar-refractivity contribution in [3.63, 3.8) is 0 Å². The van der Waals surface area contributed by atoms with Crippen LogP contribution in [-0.2, 0) is 0 Å². The first-order valence-electron chi connectivity index (χ1n) is 6.54. The molecule has 0 heterocycles. The predicted molar refractivity (Wildman–Crippen MR) is 85.8 cm³/mol. The second kappa shape index (κ2) is 6.74. The fraction of sp³-hybridized carbons (Fsp3) is 0.294. The molecule has 0 aromatic heterocycles. The first-order valence-corrected chi connectivity index (χ1v) is 6.54. The SMILES string of the molecule is CC(C)c1ccccc1-c1cccc(C(C)N)c1.Cl. The minimum absolute atomic E-state index is 0. The van der Waals surface area contributed by atoms with E-state index in [-0.39, 0.29) is 18.4 Å². The molecule has 1 atom stereocenters. The Balaban J connectivity index is 0.00000180. The maximum absolute atomic E-state index is 5.96. The van der Waals surface area contributed by atoms with Gasteiger partial charge in [-0.2, -0.15) is 0 Å². The van der Waals surface area contributed by atoms with Gasteiger partial charge in [0.25, 0.3) is 0 Å². The van der Waals surface area contributed by atoms with E-state index < -0.39 is 0 Å². The summed E-state index contributed by atoms with van der Waals surface area (Å²) in [5.74, 6) is 0.528. The van der Waals surface area contributed by atoms with Gasteiger partial charge >= 0.3 is 0 Å². The van der Waals surface area contributed by atoms with Crippen molar-refractivity contribution in [3.8, 4) is 11.1 Å². The lowest BCUT2D eigenvalue weighted by Crippen LogP contribution is -2.04. The Morgan fingerprint density at radius 2 is 1.58 bits per heavy atom. The van der Waals surface area contributed by atoms with Crippen molar-refractivity contribution in [2.75, 3.05) is 0 Å². The van der Waals surface area contributed by atoms with Crippen LogP contribution < -0.4 is 5.73 Å². The molecule has 0 saturated carbocycles. The number of halogens is 1. The topological polar surface area (TPSA) is 26.0 Å². The molecule has 0 radical (unpaired) electrons.